The van der Waals surface area contributed by atoms with Crippen molar-refractivity contribution in [2.45, 2.75) is 44.9 Å². The molecular formula is C15H23NO2. The van der Waals surface area contributed by atoms with Gasteiger partial charge in [-0.25, -0.2) is 0 Å². The van der Waals surface area contributed by atoms with Gasteiger partial charge in [-0.3, -0.25) is 0 Å². The van der Waals surface area contributed by atoms with Gasteiger partial charge in [0.05, 0.1) is 13.7 Å². The summed E-state index contributed by atoms with van der Waals surface area (Å²) in [6.45, 7) is 2.81. The lowest BCUT2D eigenvalue weighted by atomic mass is 9.91. The van der Waals surface area contributed by atoms with Gasteiger partial charge >= 0.3 is 0 Å². The third-order valence-corrected chi connectivity index (χ3v) is 3.70. The maximum Gasteiger partial charge on any atom is 0.124 e. The third kappa shape index (κ3) is 3.03. The number of benzene rings is 1. The lowest BCUT2D eigenvalue weighted by Gasteiger charge is -2.30. The number of ether oxygens (including phenoxy) is 2. The van der Waals surface area contributed by atoms with Crippen LogP contribution in [0.4, 0.5) is 0 Å². The molecule has 1 aliphatic carbocycles. The zero-order valence-electron chi connectivity index (χ0n) is 11.5. The highest BCUT2D eigenvalue weighted by Crippen LogP contribution is 2.26. The Balaban J connectivity index is 2.08. The summed E-state index contributed by atoms with van der Waals surface area (Å²) in [5.74, 6) is 0.899. The van der Waals surface area contributed by atoms with E-state index in [0.29, 0.717) is 18.7 Å². The van der Waals surface area contributed by atoms with E-state index in [1.165, 1.54) is 24.8 Å². The molecule has 1 atom stereocenters. The zero-order valence-corrected chi connectivity index (χ0v) is 11.5. The summed E-state index contributed by atoms with van der Waals surface area (Å²) >= 11 is 0. The molecule has 0 amide bonds. The molecule has 3 nitrogen and oxygen atoms in total. The van der Waals surface area contributed by atoms with Gasteiger partial charge in [0.25, 0.3) is 0 Å². The normalized spacial score (nSPS) is 17.3. The second-order valence-electron chi connectivity index (χ2n) is 5.02. The van der Waals surface area contributed by atoms with E-state index in [2.05, 4.69) is 24.4 Å². The van der Waals surface area contributed by atoms with E-state index in [1.807, 2.05) is 6.07 Å². The van der Waals surface area contributed by atoms with Crippen molar-refractivity contribution in [2.75, 3.05) is 14.2 Å². The lowest BCUT2D eigenvalue weighted by molar-refractivity contribution is 0.181. The Kier molecular flexibility index (Phi) is 4.61. The molecular weight excluding hydrogens is 226 g/mol. The highest BCUT2D eigenvalue weighted by atomic mass is 16.5. The molecule has 0 bridgehead atoms. The Bertz CT molecular complexity index is 388. The molecule has 1 aromatic rings. The Hall–Kier alpha value is -1.06. The highest BCUT2D eigenvalue weighted by molar-refractivity contribution is 5.38. The maximum absolute atomic E-state index is 5.35. The number of methoxy groups -OCH3 is 2. The SMILES string of the molecule is COCc1cc(C(C)NC2CCC2)ccc1OC. The molecule has 100 valence electrons. The van der Waals surface area contributed by atoms with E-state index >= 15 is 0 Å². The van der Waals surface area contributed by atoms with Gasteiger partial charge in [-0.05, 0) is 37.5 Å². The van der Waals surface area contributed by atoms with E-state index in [9.17, 15) is 0 Å². The molecule has 1 unspecified atom stereocenters. The fourth-order valence-corrected chi connectivity index (χ4v) is 2.36. The van der Waals surface area contributed by atoms with Gasteiger partial charge in [-0.15, -0.1) is 0 Å². The third-order valence-electron chi connectivity index (χ3n) is 3.70. The molecule has 1 N–H and O–H groups in total. The Morgan fingerprint density at radius 2 is 2.11 bits per heavy atom. The van der Waals surface area contributed by atoms with Gasteiger partial charge in [0, 0.05) is 24.8 Å². The van der Waals surface area contributed by atoms with Gasteiger partial charge in [0.15, 0.2) is 0 Å². The predicted molar refractivity (Wildman–Crippen MR) is 72.9 cm³/mol. The van der Waals surface area contributed by atoms with E-state index in [0.717, 1.165) is 11.3 Å². The Morgan fingerprint density at radius 1 is 1.33 bits per heavy atom. The molecule has 3 heteroatoms. The molecule has 18 heavy (non-hydrogen) atoms. The monoisotopic (exact) mass is 249 g/mol. The van der Waals surface area contributed by atoms with E-state index < -0.39 is 0 Å². The van der Waals surface area contributed by atoms with Crippen LogP contribution in [0.5, 0.6) is 5.75 Å². The van der Waals surface area contributed by atoms with Crippen LogP contribution in [0.25, 0.3) is 0 Å². The summed E-state index contributed by atoms with van der Waals surface area (Å²) in [6.07, 6.45) is 3.98. The van der Waals surface area contributed by atoms with Crippen LogP contribution in [-0.2, 0) is 11.3 Å². The van der Waals surface area contributed by atoms with Crippen molar-refractivity contribution in [1.82, 2.24) is 5.32 Å². The van der Waals surface area contributed by atoms with Gasteiger partial charge in [-0.1, -0.05) is 12.5 Å². The molecule has 1 fully saturated rings. The molecule has 0 aromatic heterocycles. The van der Waals surface area contributed by atoms with Crippen molar-refractivity contribution in [3.8, 4) is 5.75 Å². The summed E-state index contributed by atoms with van der Waals surface area (Å²) in [6, 6.07) is 7.43. The zero-order chi connectivity index (χ0) is 13.0. The molecule has 0 spiro atoms. The first-order valence-corrected chi connectivity index (χ1v) is 6.66. The molecule has 0 saturated heterocycles. The quantitative estimate of drug-likeness (QED) is 0.840. The van der Waals surface area contributed by atoms with Gasteiger partial charge in [-0.2, -0.15) is 0 Å². The van der Waals surface area contributed by atoms with Crippen molar-refractivity contribution < 1.29 is 9.47 Å². The van der Waals surface area contributed by atoms with Crippen molar-refractivity contribution in [2.24, 2.45) is 0 Å². The largest absolute Gasteiger partial charge is 0.496 e. The number of hydrogen-bond donors (Lipinski definition) is 1. The van der Waals surface area contributed by atoms with Crippen LogP contribution >= 0.6 is 0 Å². The summed E-state index contributed by atoms with van der Waals surface area (Å²) < 4.78 is 10.6. The predicted octanol–water partition coefficient (Wildman–Crippen LogP) is 3.04. The molecule has 0 heterocycles. The standard InChI is InChI=1S/C15H23NO2/c1-11(16-14-5-4-6-14)12-7-8-15(18-3)13(9-12)10-17-2/h7-9,11,14,16H,4-6,10H2,1-3H3. The first kappa shape index (κ1) is 13.4. The van der Waals surface area contributed by atoms with Gasteiger partial charge < -0.3 is 14.8 Å². The fraction of sp³-hybridized carbons (Fsp3) is 0.600. The summed E-state index contributed by atoms with van der Waals surface area (Å²) in [7, 11) is 3.41. The van der Waals surface area contributed by atoms with Crippen molar-refractivity contribution >= 4 is 0 Å². The van der Waals surface area contributed by atoms with Crippen LogP contribution in [0.1, 0.15) is 43.4 Å². The molecule has 1 saturated carbocycles. The number of rotatable bonds is 6. The molecule has 1 aromatic carbocycles. The second kappa shape index (κ2) is 6.21. The minimum Gasteiger partial charge on any atom is -0.496 e. The van der Waals surface area contributed by atoms with Gasteiger partial charge in [0.1, 0.15) is 5.75 Å². The fourth-order valence-electron chi connectivity index (χ4n) is 2.36. The van der Waals surface area contributed by atoms with Crippen LogP contribution in [0.2, 0.25) is 0 Å². The molecule has 0 aliphatic heterocycles. The molecule has 1 aliphatic rings. The molecule has 2 rings (SSSR count). The van der Waals surface area contributed by atoms with Crippen LogP contribution in [-0.4, -0.2) is 20.3 Å². The summed E-state index contributed by atoms with van der Waals surface area (Å²) in [4.78, 5) is 0. The average molecular weight is 249 g/mol. The van der Waals surface area contributed by atoms with Crippen LogP contribution in [0, 0.1) is 0 Å². The number of hydrogen-bond acceptors (Lipinski definition) is 3. The minimum absolute atomic E-state index is 0.386. The smallest absolute Gasteiger partial charge is 0.124 e. The van der Waals surface area contributed by atoms with Crippen LogP contribution in [0.15, 0.2) is 18.2 Å². The average Bonchev–Trinajstić information content (AvgIpc) is 2.34. The summed E-state index contributed by atoms with van der Waals surface area (Å²) in [5.41, 5.74) is 2.41. The minimum atomic E-state index is 0.386. The lowest BCUT2D eigenvalue weighted by Crippen LogP contribution is -2.36. The first-order valence-electron chi connectivity index (χ1n) is 6.66. The topological polar surface area (TPSA) is 30.5 Å². The van der Waals surface area contributed by atoms with E-state index in [1.54, 1.807) is 14.2 Å². The van der Waals surface area contributed by atoms with Crippen LogP contribution in [0.3, 0.4) is 0 Å². The highest BCUT2D eigenvalue weighted by Gasteiger charge is 2.20. The van der Waals surface area contributed by atoms with Gasteiger partial charge in [0.2, 0.25) is 0 Å². The second-order valence-corrected chi connectivity index (χ2v) is 5.02. The number of nitrogens with one attached hydrogen (secondary N) is 1. The summed E-state index contributed by atoms with van der Waals surface area (Å²) in [5, 5.41) is 3.66. The first-order chi connectivity index (χ1) is 8.74. The Morgan fingerprint density at radius 3 is 2.67 bits per heavy atom. The van der Waals surface area contributed by atoms with Crippen molar-refractivity contribution in [3.63, 3.8) is 0 Å². The maximum atomic E-state index is 5.35. The molecule has 0 radical (unpaired) electrons. The van der Waals surface area contributed by atoms with Crippen molar-refractivity contribution in [1.29, 1.82) is 0 Å². The van der Waals surface area contributed by atoms with E-state index in [4.69, 9.17) is 9.47 Å². The van der Waals surface area contributed by atoms with E-state index in [-0.39, 0.29) is 0 Å². The Labute approximate surface area is 109 Å². The van der Waals surface area contributed by atoms with Crippen molar-refractivity contribution in [3.05, 3.63) is 29.3 Å². The van der Waals surface area contributed by atoms with Crippen LogP contribution < -0.4 is 10.1 Å².